The Labute approximate surface area is 134 Å². The molecule has 1 atom stereocenters. The SMILES string of the molecule is CC(O)c1nc2cnc(Cl)cc2n1C1CCC(CC#N)CC1. The van der Waals surface area contributed by atoms with Gasteiger partial charge in [0.2, 0.25) is 0 Å². The molecule has 1 aliphatic rings. The van der Waals surface area contributed by atoms with Crippen LogP contribution >= 0.6 is 11.6 Å². The Kier molecular flexibility index (Phi) is 4.32. The van der Waals surface area contributed by atoms with Crippen molar-refractivity contribution in [1.82, 2.24) is 14.5 Å². The van der Waals surface area contributed by atoms with Crippen molar-refractivity contribution < 1.29 is 5.11 Å². The first-order valence-corrected chi connectivity index (χ1v) is 8.06. The molecule has 6 heteroatoms. The maximum atomic E-state index is 10.1. The van der Waals surface area contributed by atoms with Crippen LogP contribution < -0.4 is 0 Å². The molecule has 0 amide bonds. The van der Waals surface area contributed by atoms with Crippen LogP contribution in [0.25, 0.3) is 11.0 Å². The second-order valence-corrected chi connectivity index (χ2v) is 6.44. The second-order valence-electron chi connectivity index (χ2n) is 6.05. The van der Waals surface area contributed by atoms with Crippen molar-refractivity contribution in [1.29, 1.82) is 5.26 Å². The van der Waals surface area contributed by atoms with E-state index in [1.807, 2.05) is 6.07 Å². The molecule has 1 N–H and O–H groups in total. The van der Waals surface area contributed by atoms with Crippen molar-refractivity contribution in [2.24, 2.45) is 5.92 Å². The molecule has 1 saturated carbocycles. The molecule has 2 heterocycles. The van der Waals surface area contributed by atoms with Crippen molar-refractivity contribution in [2.45, 2.75) is 51.2 Å². The molecular formula is C16H19ClN4O. The monoisotopic (exact) mass is 318 g/mol. The number of hydrogen-bond donors (Lipinski definition) is 1. The molecule has 0 aliphatic heterocycles. The fraction of sp³-hybridized carbons (Fsp3) is 0.562. The van der Waals surface area contributed by atoms with Gasteiger partial charge in [0.1, 0.15) is 22.6 Å². The van der Waals surface area contributed by atoms with E-state index in [2.05, 4.69) is 20.6 Å². The summed E-state index contributed by atoms with van der Waals surface area (Å²) < 4.78 is 2.12. The molecule has 0 aromatic carbocycles. The summed E-state index contributed by atoms with van der Waals surface area (Å²) in [6.07, 6.45) is 5.72. The maximum Gasteiger partial charge on any atom is 0.138 e. The second kappa shape index (κ2) is 6.23. The molecule has 0 saturated heterocycles. The van der Waals surface area contributed by atoms with E-state index in [0.29, 0.717) is 29.4 Å². The third-order valence-corrected chi connectivity index (χ3v) is 4.71. The van der Waals surface area contributed by atoms with Gasteiger partial charge in [0.25, 0.3) is 0 Å². The number of rotatable bonds is 3. The van der Waals surface area contributed by atoms with Gasteiger partial charge in [-0.2, -0.15) is 5.26 Å². The fourth-order valence-corrected chi connectivity index (χ4v) is 3.56. The van der Waals surface area contributed by atoms with E-state index >= 15 is 0 Å². The molecule has 22 heavy (non-hydrogen) atoms. The Morgan fingerprint density at radius 3 is 2.82 bits per heavy atom. The number of aliphatic hydroxyl groups excluding tert-OH is 1. The van der Waals surface area contributed by atoms with E-state index < -0.39 is 6.10 Å². The van der Waals surface area contributed by atoms with Crippen molar-refractivity contribution in [3.63, 3.8) is 0 Å². The minimum absolute atomic E-state index is 0.294. The number of nitrogens with zero attached hydrogens (tertiary/aromatic N) is 4. The molecule has 1 fully saturated rings. The van der Waals surface area contributed by atoms with Gasteiger partial charge in [-0.1, -0.05) is 11.6 Å². The maximum absolute atomic E-state index is 10.1. The predicted molar refractivity (Wildman–Crippen MR) is 84.4 cm³/mol. The number of aromatic nitrogens is 3. The Bertz CT molecular complexity index is 711. The molecule has 0 bridgehead atoms. The van der Waals surface area contributed by atoms with E-state index in [9.17, 15) is 5.11 Å². The van der Waals surface area contributed by atoms with Crippen molar-refractivity contribution >= 4 is 22.6 Å². The average molecular weight is 319 g/mol. The van der Waals surface area contributed by atoms with Gasteiger partial charge in [0.15, 0.2) is 0 Å². The van der Waals surface area contributed by atoms with Gasteiger partial charge in [0.05, 0.1) is 17.8 Å². The Morgan fingerprint density at radius 1 is 1.45 bits per heavy atom. The molecular weight excluding hydrogens is 300 g/mol. The van der Waals surface area contributed by atoms with Crippen LogP contribution in [-0.2, 0) is 0 Å². The summed E-state index contributed by atoms with van der Waals surface area (Å²) in [4.78, 5) is 8.60. The molecule has 0 spiro atoms. The molecule has 1 aliphatic carbocycles. The van der Waals surface area contributed by atoms with Crippen LogP contribution in [0.2, 0.25) is 5.15 Å². The summed E-state index contributed by atoms with van der Waals surface area (Å²) >= 11 is 6.03. The highest BCUT2D eigenvalue weighted by molar-refractivity contribution is 6.29. The first kappa shape index (κ1) is 15.3. The topological polar surface area (TPSA) is 74.7 Å². The van der Waals surface area contributed by atoms with Gasteiger partial charge in [-0.15, -0.1) is 0 Å². The number of imidazole rings is 1. The average Bonchev–Trinajstić information content (AvgIpc) is 2.87. The number of halogens is 1. The van der Waals surface area contributed by atoms with Crippen LogP contribution in [0, 0.1) is 17.2 Å². The molecule has 2 aromatic heterocycles. The lowest BCUT2D eigenvalue weighted by Crippen LogP contribution is -2.20. The Hall–Kier alpha value is -1.64. The number of nitriles is 1. The summed E-state index contributed by atoms with van der Waals surface area (Å²) in [5, 5.41) is 19.3. The van der Waals surface area contributed by atoms with Crippen molar-refractivity contribution in [3.8, 4) is 6.07 Å². The zero-order valence-electron chi connectivity index (χ0n) is 12.5. The van der Waals surface area contributed by atoms with Crippen molar-refractivity contribution in [2.75, 3.05) is 0 Å². The van der Waals surface area contributed by atoms with E-state index in [-0.39, 0.29) is 0 Å². The molecule has 2 aromatic rings. The van der Waals surface area contributed by atoms with E-state index in [0.717, 1.165) is 36.7 Å². The number of aliphatic hydroxyl groups is 1. The van der Waals surface area contributed by atoms with Crippen LogP contribution in [0.15, 0.2) is 12.3 Å². The summed E-state index contributed by atoms with van der Waals surface area (Å²) in [6.45, 7) is 1.73. The lowest BCUT2D eigenvalue weighted by atomic mass is 9.84. The third kappa shape index (κ3) is 2.81. The standard InChI is InChI=1S/C16H19ClN4O/c1-10(22)16-20-13-9-19-15(17)8-14(13)21(16)12-4-2-11(3-5-12)6-7-18/h8-12,22H,2-6H2,1H3. The first-order chi connectivity index (χ1) is 10.6. The highest BCUT2D eigenvalue weighted by atomic mass is 35.5. The summed E-state index contributed by atoms with van der Waals surface area (Å²) in [5.74, 6) is 1.17. The van der Waals surface area contributed by atoms with Crippen LogP contribution in [0.1, 0.15) is 57.0 Å². The molecule has 1 unspecified atom stereocenters. The highest BCUT2D eigenvalue weighted by Gasteiger charge is 2.27. The van der Waals surface area contributed by atoms with Gasteiger partial charge >= 0.3 is 0 Å². The predicted octanol–water partition coefficient (Wildman–Crippen LogP) is 3.78. The van der Waals surface area contributed by atoms with E-state index in [1.54, 1.807) is 13.1 Å². The molecule has 0 radical (unpaired) electrons. The van der Waals surface area contributed by atoms with Gasteiger partial charge in [0, 0.05) is 18.5 Å². The number of fused-ring (bicyclic) bond motifs is 1. The minimum atomic E-state index is -0.636. The lowest BCUT2D eigenvalue weighted by Gasteiger charge is -2.30. The van der Waals surface area contributed by atoms with E-state index in [1.165, 1.54) is 0 Å². The molecule has 5 nitrogen and oxygen atoms in total. The zero-order chi connectivity index (χ0) is 15.7. The zero-order valence-corrected chi connectivity index (χ0v) is 13.3. The van der Waals surface area contributed by atoms with Crippen LogP contribution in [0.5, 0.6) is 0 Å². The Morgan fingerprint density at radius 2 is 2.18 bits per heavy atom. The minimum Gasteiger partial charge on any atom is -0.385 e. The normalized spacial score (nSPS) is 23.4. The smallest absolute Gasteiger partial charge is 0.138 e. The van der Waals surface area contributed by atoms with Gasteiger partial charge in [-0.25, -0.2) is 9.97 Å². The number of hydrogen-bond acceptors (Lipinski definition) is 4. The highest BCUT2D eigenvalue weighted by Crippen LogP contribution is 2.37. The van der Waals surface area contributed by atoms with E-state index in [4.69, 9.17) is 16.9 Å². The summed E-state index contributed by atoms with van der Waals surface area (Å²) in [7, 11) is 0. The quantitative estimate of drug-likeness (QED) is 0.874. The van der Waals surface area contributed by atoms with Crippen molar-refractivity contribution in [3.05, 3.63) is 23.2 Å². The largest absolute Gasteiger partial charge is 0.385 e. The summed E-state index contributed by atoms with van der Waals surface area (Å²) in [5.41, 5.74) is 1.69. The molecule has 3 rings (SSSR count). The van der Waals surface area contributed by atoms with Crippen LogP contribution in [0.4, 0.5) is 0 Å². The number of pyridine rings is 1. The fourth-order valence-electron chi connectivity index (χ4n) is 3.41. The van der Waals surface area contributed by atoms with Gasteiger partial charge in [-0.05, 0) is 38.5 Å². The van der Waals surface area contributed by atoms with Crippen LogP contribution in [-0.4, -0.2) is 19.6 Å². The first-order valence-electron chi connectivity index (χ1n) is 7.68. The summed E-state index contributed by atoms with van der Waals surface area (Å²) in [6, 6.07) is 4.38. The molecule has 116 valence electrons. The van der Waals surface area contributed by atoms with Crippen LogP contribution in [0.3, 0.4) is 0 Å². The third-order valence-electron chi connectivity index (χ3n) is 4.50. The lowest BCUT2D eigenvalue weighted by molar-refractivity contribution is 0.175. The Balaban J connectivity index is 1.97. The van der Waals surface area contributed by atoms with Gasteiger partial charge in [-0.3, -0.25) is 0 Å². The van der Waals surface area contributed by atoms with Gasteiger partial charge < -0.3 is 9.67 Å².